The van der Waals surface area contributed by atoms with Crippen LogP contribution in [-0.2, 0) is 14.3 Å². The summed E-state index contributed by atoms with van der Waals surface area (Å²) in [7, 11) is 0. The first kappa shape index (κ1) is 14.1. The third kappa shape index (κ3) is 3.85. The second kappa shape index (κ2) is 5.36. The van der Waals surface area contributed by atoms with Gasteiger partial charge in [0.05, 0.1) is 5.69 Å². The molecule has 1 amide bonds. The number of esters is 1. The van der Waals surface area contributed by atoms with Gasteiger partial charge in [0.2, 0.25) is 0 Å². The molecule has 0 aromatic heterocycles. The largest absolute Gasteiger partial charge is 0.482 e. The van der Waals surface area contributed by atoms with Crippen molar-refractivity contribution in [3.63, 3.8) is 0 Å². The molecule has 1 heterocycles. The molecule has 5 nitrogen and oxygen atoms in total. The zero-order valence-electron chi connectivity index (χ0n) is 11.7. The van der Waals surface area contributed by atoms with Crippen molar-refractivity contribution in [2.75, 3.05) is 11.9 Å². The number of anilines is 1. The Bertz CT molecular complexity index is 570. The molecule has 5 heteroatoms. The highest BCUT2D eigenvalue weighted by Gasteiger charge is 2.16. The lowest BCUT2D eigenvalue weighted by Gasteiger charge is -2.18. The number of rotatable bonds is 2. The molecule has 0 saturated heterocycles. The van der Waals surface area contributed by atoms with Crippen molar-refractivity contribution in [1.29, 1.82) is 0 Å². The van der Waals surface area contributed by atoms with Gasteiger partial charge < -0.3 is 14.8 Å². The molecule has 1 aliphatic heterocycles. The van der Waals surface area contributed by atoms with Crippen LogP contribution in [0.25, 0.3) is 6.08 Å². The summed E-state index contributed by atoms with van der Waals surface area (Å²) in [5.74, 6) is 0.0281. The summed E-state index contributed by atoms with van der Waals surface area (Å²) in [6.07, 6.45) is 2.99. The Labute approximate surface area is 117 Å². The van der Waals surface area contributed by atoms with Crippen molar-refractivity contribution in [2.45, 2.75) is 26.4 Å². The molecule has 1 aromatic rings. The van der Waals surface area contributed by atoms with Crippen LogP contribution in [0.5, 0.6) is 5.75 Å². The lowest BCUT2D eigenvalue weighted by molar-refractivity contribution is -0.148. The van der Waals surface area contributed by atoms with E-state index in [9.17, 15) is 9.59 Å². The van der Waals surface area contributed by atoms with Crippen LogP contribution >= 0.6 is 0 Å². The highest BCUT2D eigenvalue weighted by molar-refractivity contribution is 5.96. The number of fused-ring (bicyclic) bond motifs is 1. The van der Waals surface area contributed by atoms with Crippen LogP contribution in [-0.4, -0.2) is 24.1 Å². The van der Waals surface area contributed by atoms with Crippen molar-refractivity contribution >= 4 is 23.6 Å². The van der Waals surface area contributed by atoms with E-state index >= 15 is 0 Å². The Morgan fingerprint density at radius 3 is 2.85 bits per heavy atom. The summed E-state index contributed by atoms with van der Waals surface area (Å²) in [6.45, 7) is 5.46. The second-order valence-corrected chi connectivity index (χ2v) is 5.46. The average Bonchev–Trinajstić information content (AvgIpc) is 2.33. The first-order chi connectivity index (χ1) is 9.33. The maximum absolute atomic E-state index is 11.6. The SMILES string of the molecule is CC(C)(C)OC(=O)/C=C/c1ccc2c(c1)NC(=O)CO2. The molecule has 0 bridgehead atoms. The van der Waals surface area contributed by atoms with Crippen molar-refractivity contribution in [2.24, 2.45) is 0 Å². The van der Waals surface area contributed by atoms with Gasteiger partial charge in [-0.05, 0) is 44.5 Å². The molecule has 0 fully saturated rings. The monoisotopic (exact) mass is 275 g/mol. The normalized spacial score (nSPS) is 14.4. The molecule has 0 aliphatic carbocycles. The van der Waals surface area contributed by atoms with Crippen molar-refractivity contribution < 1.29 is 19.1 Å². The molecular formula is C15H17NO4. The topological polar surface area (TPSA) is 64.6 Å². The fourth-order valence-corrected chi connectivity index (χ4v) is 1.70. The summed E-state index contributed by atoms with van der Waals surface area (Å²) in [5, 5.41) is 2.71. The van der Waals surface area contributed by atoms with Gasteiger partial charge in [-0.15, -0.1) is 0 Å². The van der Waals surface area contributed by atoms with Crippen LogP contribution in [0.15, 0.2) is 24.3 Å². The molecule has 20 heavy (non-hydrogen) atoms. The van der Waals surface area contributed by atoms with Crippen LogP contribution in [0.2, 0.25) is 0 Å². The van der Waals surface area contributed by atoms with Crippen LogP contribution in [0.4, 0.5) is 5.69 Å². The molecular weight excluding hydrogens is 258 g/mol. The van der Waals surface area contributed by atoms with Crippen LogP contribution < -0.4 is 10.1 Å². The van der Waals surface area contributed by atoms with E-state index in [1.54, 1.807) is 24.3 Å². The summed E-state index contributed by atoms with van der Waals surface area (Å²) in [5.41, 5.74) is 0.868. The molecule has 0 atom stereocenters. The van der Waals surface area contributed by atoms with Crippen molar-refractivity contribution in [3.05, 3.63) is 29.8 Å². The van der Waals surface area contributed by atoms with Gasteiger partial charge in [0.1, 0.15) is 11.4 Å². The zero-order chi connectivity index (χ0) is 14.8. The molecule has 1 N–H and O–H groups in total. The number of hydrogen-bond donors (Lipinski definition) is 1. The molecule has 1 aliphatic rings. The number of nitrogens with one attached hydrogen (secondary N) is 1. The molecule has 0 radical (unpaired) electrons. The smallest absolute Gasteiger partial charge is 0.331 e. The summed E-state index contributed by atoms with van der Waals surface area (Å²) < 4.78 is 10.4. The van der Waals surface area contributed by atoms with E-state index < -0.39 is 11.6 Å². The van der Waals surface area contributed by atoms with Gasteiger partial charge in [-0.25, -0.2) is 4.79 Å². The number of amides is 1. The predicted molar refractivity (Wildman–Crippen MR) is 75.4 cm³/mol. The average molecular weight is 275 g/mol. The van der Waals surface area contributed by atoms with E-state index in [0.717, 1.165) is 5.56 Å². The Kier molecular flexibility index (Phi) is 3.79. The number of carbonyl (C=O) groups excluding carboxylic acids is 2. The third-order valence-corrected chi connectivity index (χ3v) is 2.46. The van der Waals surface area contributed by atoms with Gasteiger partial charge in [-0.1, -0.05) is 6.07 Å². The highest BCUT2D eigenvalue weighted by Crippen LogP contribution is 2.28. The quantitative estimate of drug-likeness (QED) is 0.665. The molecule has 0 spiro atoms. The van der Waals surface area contributed by atoms with Gasteiger partial charge in [-0.3, -0.25) is 4.79 Å². The molecule has 106 valence electrons. The Morgan fingerprint density at radius 2 is 2.15 bits per heavy atom. The van der Waals surface area contributed by atoms with Crippen LogP contribution in [0.1, 0.15) is 26.3 Å². The first-order valence-electron chi connectivity index (χ1n) is 6.31. The summed E-state index contributed by atoms with van der Waals surface area (Å²) in [4.78, 5) is 22.8. The second-order valence-electron chi connectivity index (χ2n) is 5.46. The van der Waals surface area contributed by atoms with Crippen LogP contribution in [0, 0.1) is 0 Å². The highest BCUT2D eigenvalue weighted by atomic mass is 16.6. The molecule has 0 unspecified atom stereocenters. The van der Waals surface area contributed by atoms with Gasteiger partial charge in [0.15, 0.2) is 6.61 Å². The summed E-state index contributed by atoms with van der Waals surface area (Å²) in [6, 6.07) is 5.30. The van der Waals surface area contributed by atoms with Crippen molar-refractivity contribution in [1.82, 2.24) is 0 Å². The first-order valence-corrected chi connectivity index (χ1v) is 6.31. The number of benzene rings is 1. The fourth-order valence-electron chi connectivity index (χ4n) is 1.70. The lowest BCUT2D eigenvalue weighted by atomic mass is 10.1. The van der Waals surface area contributed by atoms with Gasteiger partial charge >= 0.3 is 5.97 Å². The van der Waals surface area contributed by atoms with Gasteiger partial charge in [0.25, 0.3) is 5.91 Å². The number of ether oxygens (including phenoxy) is 2. The third-order valence-electron chi connectivity index (χ3n) is 2.46. The molecule has 1 aromatic carbocycles. The van der Waals surface area contributed by atoms with Gasteiger partial charge in [-0.2, -0.15) is 0 Å². The minimum Gasteiger partial charge on any atom is -0.482 e. The fraction of sp³-hybridized carbons (Fsp3) is 0.333. The maximum atomic E-state index is 11.6. The van der Waals surface area contributed by atoms with E-state index in [2.05, 4.69) is 5.32 Å². The van der Waals surface area contributed by atoms with E-state index in [4.69, 9.17) is 9.47 Å². The Morgan fingerprint density at radius 1 is 1.40 bits per heavy atom. The van der Waals surface area contributed by atoms with E-state index in [0.29, 0.717) is 11.4 Å². The van der Waals surface area contributed by atoms with Crippen molar-refractivity contribution in [3.8, 4) is 5.75 Å². The summed E-state index contributed by atoms with van der Waals surface area (Å²) >= 11 is 0. The van der Waals surface area contributed by atoms with E-state index in [1.807, 2.05) is 20.8 Å². The minimum absolute atomic E-state index is 0.0279. The Balaban J connectivity index is 2.09. The number of carbonyl (C=O) groups is 2. The number of hydrogen-bond acceptors (Lipinski definition) is 4. The lowest BCUT2D eigenvalue weighted by Crippen LogP contribution is -2.25. The predicted octanol–water partition coefficient (Wildman–Crippen LogP) is 2.37. The standard InChI is InChI=1S/C15H17NO4/c1-15(2,3)20-14(18)7-5-10-4-6-12-11(8-10)16-13(17)9-19-12/h4-8H,9H2,1-3H3,(H,16,17)/b7-5+. The Hall–Kier alpha value is -2.30. The molecule has 2 rings (SSSR count). The van der Waals surface area contributed by atoms with Gasteiger partial charge in [0, 0.05) is 6.08 Å². The van der Waals surface area contributed by atoms with E-state index in [1.165, 1.54) is 6.08 Å². The maximum Gasteiger partial charge on any atom is 0.331 e. The van der Waals surface area contributed by atoms with E-state index in [-0.39, 0.29) is 12.5 Å². The zero-order valence-corrected chi connectivity index (χ0v) is 11.7. The molecule has 0 saturated carbocycles. The minimum atomic E-state index is -0.515. The van der Waals surface area contributed by atoms with Crippen LogP contribution in [0.3, 0.4) is 0 Å².